The molecule has 1 aliphatic carbocycles. The summed E-state index contributed by atoms with van der Waals surface area (Å²) >= 11 is 0. The second-order valence-electron chi connectivity index (χ2n) is 15.7. The first-order valence-corrected chi connectivity index (χ1v) is 16.0. The minimum Gasteiger partial charge on any atom is -0.455 e. The maximum absolute atomic E-state index is 7.14. The van der Waals surface area contributed by atoms with E-state index in [1.54, 1.807) is 0 Å². The van der Waals surface area contributed by atoms with Gasteiger partial charge < -0.3 is 4.74 Å². The summed E-state index contributed by atoms with van der Waals surface area (Å²) in [6.45, 7) is 16.3. The summed E-state index contributed by atoms with van der Waals surface area (Å²) in [5, 5.41) is 7.85. The van der Waals surface area contributed by atoms with E-state index < -0.39 is 0 Å². The fourth-order valence-electron chi connectivity index (χ4n) is 7.86. The molecule has 1 fully saturated rings. The largest absolute Gasteiger partial charge is 0.455 e. The standard InChI is InChI=1S/C40H46NO/c1-24-32-19-25(22-39(2,3)4)13-15-30(32)33(23-40(5,6)7)38-35(24)37-36-31(17-18-41(37)8)29-16-14-27(26-11-9-10-12-26)20-28(29)21-34(36)42-38/h13-21,26H,9-12,22-23H2,1-8H3/q+1. The molecule has 0 spiro atoms. The van der Waals surface area contributed by atoms with Crippen LogP contribution in [0.1, 0.15) is 95.4 Å². The number of aryl methyl sites for hydroxylation is 2. The van der Waals surface area contributed by atoms with Crippen LogP contribution in [-0.4, -0.2) is 0 Å². The summed E-state index contributed by atoms with van der Waals surface area (Å²) < 4.78 is 9.47. The van der Waals surface area contributed by atoms with E-state index in [2.05, 4.69) is 115 Å². The summed E-state index contributed by atoms with van der Waals surface area (Å²) in [4.78, 5) is 0. The van der Waals surface area contributed by atoms with E-state index >= 15 is 0 Å². The smallest absolute Gasteiger partial charge is 0.228 e. The number of hydrogen-bond donors (Lipinski definition) is 0. The van der Waals surface area contributed by atoms with Gasteiger partial charge in [0.15, 0.2) is 6.20 Å². The Morgan fingerprint density at radius 2 is 1.50 bits per heavy atom. The Labute approximate surface area is 251 Å². The van der Waals surface area contributed by atoms with E-state index in [9.17, 15) is 0 Å². The number of rotatable bonds is 3. The second kappa shape index (κ2) is 9.56. The van der Waals surface area contributed by atoms with Gasteiger partial charge in [-0.15, -0.1) is 0 Å². The third-order valence-corrected chi connectivity index (χ3v) is 9.63. The monoisotopic (exact) mass is 556 g/mol. The first kappa shape index (κ1) is 27.4. The number of fused-ring (bicyclic) bond motifs is 5. The Kier molecular flexibility index (Phi) is 6.25. The maximum Gasteiger partial charge on any atom is 0.228 e. The first-order valence-electron chi connectivity index (χ1n) is 16.0. The number of nitrogens with zero attached hydrogens (tertiary/aromatic N) is 1. The minimum absolute atomic E-state index is 0.122. The topological polar surface area (TPSA) is 13.1 Å². The molecule has 7 rings (SSSR count). The van der Waals surface area contributed by atoms with Gasteiger partial charge in [0.2, 0.25) is 5.69 Å². The normalized spacial score (nSPS) is 15.5. The minimum atomic E-state index is 0.122. The molecule has 0 atom stereocenters. The molecule has 0 bridgehead atoms. The molecule has 5 aromatic rings. The Balaban J connectivity index is 1.53. The van der Waals surface area contributed by atoms with Crippen molar-refractivity contribution in [2.24, 2.45) is 17.9 Å². The van der Waals surface area contributed by atoms with Crippen LogP contribution in [0, 0.1) is 17.8 Å². The van der Waals surface area contributed by atoms with Crippen molar-refractivity contribution in [2.75, 3.05) is 0 Å². The fourth-order valence-corrected chi connectivity index (χ4v) is 7.86. The van der Waals surface area contributed by atoms with Crippen LogP contribution in [0.3, 0.4) is 0 Å². The predicted octanol–water partition coefficient (Wildman–Crippen LogP) is 10.9. The van der Waals surface area contributed by atoms with Crippen molar-refractivity contribution in [3.8, 4) is 22.8 Å². The van der Waals surface area contributed by atoms with Crippen LogP contribution in [0.5, 0.6) is 11.5 Å². The number of aromatic nitrogens is 1. The molecule has 0 saturated heterocycles. The van der Waals surface area contributed by atoms with Gasteiger partial charge in [0.05, 0.1) is 10.9 Å². The molecular formula is C40H46NO+. The van der Waals surface area contributed by atoms with E-state index in [-0.39, 0.29) is 10.8 Å². The van der Waals surface area contributed by atoms with E-state index in [0.29, 0.717) is 5.92 Å². The molecule has 0 unspecified atom stereocenters. The fraction of sp³-hybridized carbons (Fsp3) is 0.425. The molecule has 1 aliphatic heterocycles. The van der Waals surface area contributed by atoms with Gasteiger partial charge in [-0.1, -0.05) is 90.8 Å². The molecule has 0 N–H and O–H groups in total. The summed E-state index contributed by atoms with van der Waals surface area (Å²) in [5.74, 6) is 2.75. The average molecular weight is 557 g/mol. The zero-order valence-electron chi connectivity index (χ0n) is 26.9. The summed E-state index contributed by atoms with van der Waals surface area (Å²) in [5.41, 5.74) is 8.45. The van der Waals surface area contributed by atoms with Crippen molar-refractivity contribution >= 4 is 32.3 Å². The molecule has 2 nitrogen and oxygen atoms in total. The van der Waals surface area contributed by atoms with Crippen LogP contribution >= 0.6 is 0 Å². The Bertz CT molecular complexity index is 1890. The summed E-state index contributed by atoms with van der Waals surface area (Å²) in [6, 6.07) is 19.0. The number of pyridine rings is 1. The van der Waals surface area contributed by atoms with Gasteiger partial charge in [-0.3, -0.25) is 0 Å². The Morgan fingerprint density at radius 3 is 2.21 bits per heavy atom. The van der Waals surface area contributed by atoms with Gasteiger partial charge in [-0.25, -0.2) is 4.57 Å². The van der Waals surface area contributed by atoms with Crippen LogP contribution in [0.15, 0.2) is 54.7 Å². The van der Waals surface area contributed by atoms with E-state index in [1.807, 2.05) is 0 Å². The van der Waals surface area contributed by atoms with Crippen LogP contribution in [-0.2, 0) is 19.9 Å². The summed E-state index contributed by atoms with van der Waals surface area (Å²) in [6.07, 6.45) is 9.61. The molecule has 42 heavy (non-hydrogen) atoms. The zero-order valence-corrected chi connectivity index (χ0v) is 26.9. The molecule has 0 radical (unpaired) electrons. The molecule has 2 heteroatoms. The maximum atomic E-state index is 7.14. The lowest BCUT2D eigenvalue weighted by Gasteiger charge is -2.29. The van der Waals surface area contributed by atoms with Crippen molar-refractivity contribution in [1.29, 1.82) is 0 Å². The van der Waals surface area contributed by atoms with Gasteiger partial charge in [0, 0.05) is 17.0 Å². The highest BCUT2D eigenvalue weighted by Gasteiger charge is 2.34. The molecule has 2 heterocycles. The molecule has 216 valence electrons. The zero-order chi connectivity index (χ0) is 29.6. The van der Waals surface area contributed by atoms with Gasteiger partial charge in [0.1, 0.15) is 18.5 Å². The van der Waals surface area contributed by atoms with Crippen LogP contribution in [0.2, 0.25) is 0 Å². The quantitative estimate of drug-likeness (QED) is 0.156. The van der Waals surface area contributed by atoms with Gasteiger partial charge >= 0.3 is 0 Å². The highest BCUT2D eigenvalue weighted by molar-refractivity contribution is 6.16. The van der Waals surface area contributed by atoms with Crippen molar-refractivity contribution in [1.82, 2.24) is 0 Å². The number of hydrogen-bond acceptors (Lipinski definition) is 1. The van der Waals surface area contributed by atoms with E-state index in [0.717, 1.165) is 24.3 Å². The lowest BCUT2D eigenvalue weighted by Crippen LogP contribution is -2.32. The Hall–Kier alpha value is -3.39. The van der Waals surface area contributed by atoms with Gasteiger partial charge in [-0.05, 0) is 93.7 Å². The SMILES string of the molecule is Cc1c2c(c(CC(C)(C)C)c3ccc(CC(C)(C)C)cc13)Oc1cc3cc(C4CCCC4)ccc3c3cc[n+](C)c-2c13. The lowest BCUT2D eigenvalue weighted by molar-refractivity contribution is -0.659. The van der Waals surface area contributed by atoms with Crippen molar-refractivity contribution in [3.63, 3.8) is 0 Å². The molecule has 0 amide bonds. The van der Waals surface area contributed by atoms with Crippen LogP contribution in [0.25, 0.3) is 43.6 Å². The first-order chi connectivity index (χ1) is 19.9. The second-order valence-corrected chi connectivity index (χ2v) is 15.7. The third-order valence-electron chi connectivity index (χ3n) is 9.63. The molecule has 1 aromatic heterocycles. The lowest BCUT2D eigenvalue weighted by atomic mass is 9.80. The highest BCUT2D eigenvalue weighted by Crippen LogP contribution is 2.53. The third kappa shape index (κ3) is 4.59. The van der Waals surface area contributed by atoms with E-state index in [1.165, 1.54) is 91.5 Å². The number of ether oxygens (including phenoxy) is 1. The molecule has 2 aliphatic rings. The molecular weight excluding hydrogens is 510 g/mol. The van der Waals surface area contributed by atoms with Crippen molar-refractivity contribution < 1.29 is 9.30 Å². The Morgan fingerprint density at radius 1 is 0.786 bits per heavy atom. The molecule has 1 saturated carbocycles. The number of benzene rings is 4. The highest BCUT2D eigenvalue weighted by atomic mass is 16.5. The van der Waals surface area contributed by atoms with Crippen molar-refractivity contribution in [3.05, 3.63) is 77.0 Å². The van der Waals surface area contributed by atoms with Crippen LogP contribution < -0.4 is 9.30 Å². The summed E-state index contributed by atoms with van der Waals surface area (Å²) in [7, 11) is 2.20. The average Bonchev–Trinajstić information content (AvgIpc) is 3.45. The predicted molar refractivity (Wildman–Crippen MR) is 178 cm³/mol. The van der Waals surface area contributed by atoms with Crippen LogP contribution in [0.4, 0.5) is 0 Å². The van der Waals surface area contributed by atoms with Crippen molar-refractivity contribution in [2.45, 2.75) is 92.9 Å². The molecule has 4 aromatic carbocycles. The van der Waals surface area contributed by atoms with Gasteiger partial charge in [0.25, 0.3) is 0 Å². The van der Waals surface area contributed by atoms with Gasteiger partial charge in [-0.2, -0.15) is 0 Å². The van der Waals surface area contributed by atoms with E-state index in [4.69, 9.17) is 4.74 Å².